The van der Waals surface area contributed by atoms with Crippen LogP contribution in [0.1, 0.15) is 30.9 Å². The summed E-state index contributed by atoms with van der Waals surface area (Å²) >= 11 is 0. The minimum absolute atomic E-state index is 0.0144. The number of aliphatic hydroxyl groups is 2. The van der Waals surface area contributed by atoms with Gasteiger partial charge in [-0.1, -0.05) is 36.8 Å². The van der Waals surface area contributed by atoms with E-state index in [0.29, 0.717) is 26.1 Å². The number of nitrogens with zero attached hydrogens (tertiary/aromatic N) is 1. The van der Waals surface area contributed by atoms with Crippen LogP contribution in [-0.4, -0.2) is 64.8 Å². The van der Waals surface area contributed by atoms with E-state index in [2.05, 4.69) is 10.6 Å². The highest BCUT2D eigenvalue weighted by atomic mass is 16.3. The molecule has 7 nitrogen and oxygen atoms in total. The second kappa shape index (κ2) is 9.12. The maximum absolute atomic E-state index is 12.5. The van der Waals surface area contributed by atoms with Gasteiger partial charge in [0.25, 0.3) is 0 Å². The molecule has 26 heavy (non-hydrogen) atoms. The molecule has 2 rings (SSSR count). The van der Waals surface area contributed by atoms with E-state index in [1.165, 1.54) is 5.56 Å². The third-order valence-electron chi connectivity index (χ3n) is 5.01. The van der Waals surface area contributed by atoms with Crippen LogP contribution in [0.25, 0.3) is 0 Å². The van der Waals surface area contributed by atoms with Crippen molar-refractivity contribution in [2.24, 2.45) is 0 Å². The third-order valence-corrected chi connectivity index (χ3v) is 5.01. The second-order valence-electron chi connectivity index (χ2n) is 6.97. The summed E-state index contributed by atoms with van der Waals surface area (Å²) < 4.78 is 0. The molecule has 7 heteroatoms. The number of aliphatic hydroxyl groups excluding tert-OH is 2. The predicted octanol–water partition coefficient (Wildman–Crippen LogP) is -0.0649. The SMILES string of the molecule is CCC(CO)(CO)NC(=O)C[C@H]1C(=O)NCCN1Cc1ccc(C)cc1. The number of piperazine rings is 1. The van der Waals surface area contributed by atoms with Crippen LogP contribution in [0.15, 0.2) is 24.3 Å². The number of amides is 2. The first-order chi connectivity index (χ1) is 12.4. The lowest BCUT2D eigenvalue weighted by atomic mass is 9.97. The Morgan fingerprint density at radius 1 is 1.31 bits per heavy atom. The van der Waals surface area contributed by atoms with Gasteiger partial charge in [-0.05, 0) is 18.9 Å². The quantitative estimate of drug-likeness (QED) is 0.518. The Morgan fingerprint density at radius 3 is 2.54 bits per heavy atom. The standard InChI is InChI=1S/C19H29N3O4/c1-3-19(12-23,13-24)21-17(25)10-16-18(26)20-8-9-22(16)11-15-6-4-14(2)5-7-15/h4-7,16,23-24H,3,8-13H2,1-2H3,(H,20,26)(H,21,25)/t16-/m0/s1. The third kappa shape index (κ3) is 5.03. The molecule has 0 bridgehead atoms. The minimum atomic E-state index is -1.05. The van der Waals surface area contributed by atoms with Crippen molar-refractivity contribution in [1.82, 2.24) is 15.5 Å². The van der Waals surface area contributed by atoms with Crippen LogP contribution in [0.2, 0.25) is 0 Å². The smallest absolute Gasteiger partial charge is 0.237 e. The molecule has 0 spiro atoms. The van der Waals surface area contributed by atoms with E-state index in [4.69, 9.17) is 0 Å². The lowest BCUT2D eigenvalue weighted by Gasteiger charge is -2.36. The van der Waals surface area contributed by atoms with Gasteiger partial charge in [-0.2, -0.15) is 0 Å². The summed E-state index contributed by atoms with van der Waals surface area (Å²) in [5, 5.41) is 24.5. The summed E-state index contributed by atoms with van der Waals surface area (Å²) in [6, 6.07) is 7.53. The first-order valence-electron chi connectivity index (χ1n) is 9.03. The monoisotopic (exact) mass is 363 g/mol. The minimum Gasteiger partial charge on any atom is -0.394 e. The molecule has 0 aliphatic carbocycles. The molecule has 144 valence electrons. The van der Waals surface area contributed by atoms with Gasteiger partial charge in [-0.15, -0.1) is 0 Å². The zero-order chi connectivity index (χ0) is 19.2. The Kier molecular flexibility index (Phi) is 7.14. The fraction of sp³-hybridized carbons (Fsp3) is 0.579. The van der Waals surface area contributed by atoms with Gasteiger partial charge in [0.2, 0.25) is 11.8 Å². The van der Waals surface area contributed by atoms with Crippen LogP contribution in [0, 0.1) is 6.92 Å². The number of carbonyl (C=O) groups excluding carboxylic acids is 2. The molecule has 0 radical (unpaired) electrons. The number of hydrogen-bond acceptors (Lipinski definition) is 5. The maximum atomic E-state index is 12.5. The Balaban J connectivity index is 2.06. The Hall–Kier alpha value is -1.96. The van der Waals surface area contributed by atoms with Crippen molar-refractivity contribution in [1.29, 1.82) is 0 Å². The van der Waals surface area contributed by atoms with Crippen LogP contribution in [0.4, 0.5) is 0 Å². The highest BCUT2D eigenvalue weighted by molar-refractivity contribution is 5.89. The molecule has 1 aliphatic heterocycles. The van der Waals surface area contributed by atoms with Gasteiger partial charge in [0.05, 0.1) is 31.2 Å². The number of benzene rings is 1. The van der Waals surface area contributed by atoms with Gasteiger partial charge < -0.3 is 20.8 Å². The summed E-state index contributed by atoms with van der Waals surface area (Å²) in [6.45, 7) is 4.90. The van der Waals surface area contributed by atoms with Crippen molar-refractivity contribution in [3.8, 4) is 0 Å². The predicted molar refractivity (Wildman–Crippen MR) is 98.3 cm³/mol. The summed E-state index contributed by atoms with van der Waals surface area (Å²) in [5.74, 6) is -0.528. The van der Waals surface area contributed by atoms with Crippen LogP contribution >= 0.6 is 0 Å². The lowest BCUT2D eigenvalue weighted by Crippen LogP contribution is -2.59. The summed E-state index contributed by atoms with van der Waals surface area (Å²) in [5.41, 5.74) is 1.21. The highest BCUT2D eigenvalue weighted by Crippen LogP contribution is 2.16. The molecule has 1 heterocycles. The molecule has 1 saturated heterocycles. The van der Waals surface area contributed by atoms with Crippen LogP contribution < -0.4 is 10.6 Å². The molecule has 0 aromatic heterocycles. The number of hydrogen-bond donors (Lipinski definition) is 4. The molecular formula is C19H29N3O4. The summed E-state index contributed by atoms with van der Waals surface area (Å²) in [6.07, 6.45) is 0.384. The van der Waals surface area contributed by atoms with E-state index >= 15 is 0 Å². The van der Waals surface area contributed by atoms with E-state index in [0.717, 1.165) is 5.56 Å². The zero-order valence-corrected chi connectivity index (χ0v) is 15.5. The van der Waals surface area contributed by atoms with Crippen LogP contribution in [0.3, 0.4) is 0 Å². The second-order valence-corrected chi connectivity index (χ2v) is 6.97. The molecular weight excluding hydrogens is 334 g/mol. The fourth-order valence-corrected chi connectivity index (χ4v) is 3.06. The molecule has 2 amide bonds. The van der Waals surface area contributed by atoms with Gasteiger partial charge in [0, 0.05) is 19.6 Å². The van der Waals surface area contributed by atoms with Crippen molar-refractivity contribution in [2.45, 2.75) is 44.8 Å². The van der Waals surface area contributed by atoms with Crippen molar-refractivity contribution in [3.05, 3.63) is 35.4 Å². The fourth-order valence-electron chi connectivity index (χ4n) is 3.06. The van der Waals surface area contributed by atoms with Crippen LogP contribution in [0.5, 0.6) is 0 Å². The van der Waals surface area contributed by atoms with Crippen molar-refractivity contribution >= 4 is 11.8 Å². The summed E-state index contributed by atoms with van der Waals surface area (Å²) in [7, 11) is 0. The van der Waals surface area contributed by atoms with Gasteiger partial charge in [-0.3, -0.25) is 14.5 Å². The lowest BCUT2D eigenvalue weighted by molar-refractivity contribution is -0.135. The Bertz CT molecular complexity index is 605. The molecule has 1 aromatic carbocycles. The molecule has 1 aromatic rings. The van der Waals surface area contributed by atoms with E-state index in [1.807, 2.05) is 36.1 Å². The Morgan fingerprint density at radius 2 is 1.96 bits per heavy atom. The molecule has 0 unspecified atom stereocenters. The van der Waals surface area contributed by atoms with Gasteiger partial charge in [-0.25, -0.2) is 0 Å². The number of rotatable bonds is 8. The van der Waals surface area contributed by atoms with Gasteiger partial charge in [0.1, 0.15) is 0 Å². The average Bonchev–Trinajstić information content (AvgIpc) is 2.64. The molecule has 1 atom stereocenters. The first kappa shape index (κ1) is 20.4. The van der Waals surface area contributed by atoms with E-state index in [1.54, 1.807) is 6.92 Å². The number of carbonyl (C=O) groups is 2. The largest absolute Gasteiger partial charge is 0.394 e. The number of nitrogens with one attached hydrogen (secondary N) is 2. The van der Waals surface area contributed by atoms with Crippen molar-refractivity contribution in [2.75, 3.05) is 26.3 Å². The number of aryl methyl sites for hydroxylation is 1. The zero-order valence-electron chi connectivity index (χ0n) is 15.5. The Labute approximate surface area is 154 Å². The molecule has 0 saturated carbocycles. The van der Waals surface area contributed by atoms with Crippen molar-refractivity contribution in [3.63, 3.8) is 0 Å². The van der Waals surface area contributed by atoms with Crippen molar-refractivity contribution < 1.29 is 19.8 Å². The average molecular weight is 363 g/mol. The van der Waals surface area contributed by atoms with Gasteiger partial charge >= 0.3 is 0 Å². The van der Waals surface area contributed by atoms with E-state index in [9.17, 15) is 19.8 Å². The maximum Gasteiger partial charge on any atom is 0.237 e. The highest BCUT2D eigenvalue weighted by Gasteiger charge is 2.34. The topological polar surface area (TPSA) is 102 Å². The molecule has 1 fully saturated rings. The van der Waals surface area contributed by atoms with E-state index < -0.39 is 11.6 Å². The van der Waals surface area contributed by atoms with E-state index in [-0.39, 0.29) is 31.4 Å². The van der Waals surface area contributed by atoms with Crippen LogP contribution in [-0.2, 0) is 16.1 Å². The summed E-state index contributed by atoms with van der Waals surface area (Å²) in [4.78, 5) is 26.8. The first-order valence-corrected chi connectivity index (χ1v) is 9.03. The molecule has 4 N–H and O–H groups in total. The molecule has 1 aliphatic rings. The normalized spacial score (nSPS) is 18.5. The van der Waals surface area contributed by atoms with Gasteiger partial charge in [0.15, 0.2) is 0 Å².